The van der Waals surface area contributed by atoms with E-state index in [0.29, 0.717) is 5.56 Å². The van der Waals surface area contributed by atoms with Crippen molar-refractivity contribution in [2.75, 3.05) is 40.3 Å². The molecule has 1 aromatic carbocycles. The topological polar surface area (TPSA) is 91.4 Å². The number of aromatic hydroxyl groups is 1. The van der Waals surface area contributed by atoms with Crippen molar-refractivity contribution < 1.29 is 14.8 Å². The van der Waals surface area contributed by atoms with Crippen molar-refractivity contribution in [3.8, 4) is 11.5 Å². The number of hydrazone groups is 1. The summed E-state index contributed by atoms with van der Waals surface area (Å²) < 4.78 is 4.95. The molecule has 0 aromatic heterocycles. The van der Waals surface area contributed by atoms with E-state index in [1.165, 1.54) is 19.2 Å². The Balaban J connectivity index is 2.19. The second-order valence-electron chi connectivity index (χ2n) is 4.85. The van der Waals surface area contributed by atoms with Crippen molar-refractivity contribution in [1.82, 2.24) is 9.91 Å². The number of likely N-dealkylation sites (N-methyl/N-ethyl adjacent to an activating group) is 1. The standard InChI is InChI=1S/C13H18N4O4/c1-15-3-5-16(6-4-15)14-9-10-7-11(17(19)20)13(18)12(8-10)21-2/h7-9,18H,3-6H2,1-2H3/b14-9-. The van der Waals surface area contributed by atoms with Crippen molar-refractivity contribution in [3.05, 3.63) is 27.8 Å². The maximum atomic E-state index is 10.9. The van der Waals surface area contributed by atoms with Gasteiger partial charge in [0.1, 0.15) is 0 Å². The minimum absolute atomic E-state index is 0.0593. The number of methoxy groups -OCH3 is 1. The van der Waals surface area contributed by atoms with E-state index in [1.54, 1.807) is 6.21 Å². The van der Waals surface area contributed by atoms with Crippen LogP contribution in [0.1, 0.15) is 5.56 Å². The fourth-order valence-corrected chi connectivity index (χ4v) is 2.04. The molecule has 0 spiro atoms. The van der Waals surface area contributed by atoms with E-state index in [2.05, 4.69) is 17.0 Å². The molecular formula is C13H18N4O4. The Morgan fingerprint density at radius 2 is 2.05 bits per heavy atom. The van der Waals surface area contributed by atoms with E-state index in [4.69, 9.17) is 4.74 Å². The van der Waals surface area contributed by atoms with Gasteiger partial charge in [-0.2, -0.15) is 5.10 Å². The van der Waals surface area contributed by atoms with Crippen LogP contribution in [-0.2, 0) is 0 Å². The number of benzene rings is 1. The van der Waals surface area contributed by atoms with Crippen LogP contribution in [-0.4, -0.2) is 66.5 Å². The van der Waals surface area contributed by atoms with E-state index >= 15 is 0 Å². The summed E-state index contributed by atoms with van der Waals surface area (Å²) in [5.74, 6) is -0.414. The summed E-state index contributed by atoms with van der Waals surface area (Å²) in [5, 5.41) is 26.8. The van der Waals surface area contributed by atoms with Gasteiger partial charge in [0.05, 0.1) is 18.2 Å². The van der Waals surface area contributed by atoms with Gasteiger partial charge >= 0.3 is 5.69 Å². The van der Waals surface area contributed by atoms with Crippen LogP contribution in [0.2, 0.25) is 0 Å². The lowest BCUT2D eigenvalue weighted by molar-refractivity contribution is -0.386. The van der Waals surface area contributed by atoms with Crippen molar-refractivity contribution in [2.24, 2.45) is 5.10 Å². The summed E-state index contributed by atoms with van der Waals surface area (Å²) in [4.78, 5) is 12.5. The molecule has 21 heavy (non-hydrogen) atoms. The first-order valence-corrected chi connectivity index (χ1v) is 6.54. The normalized spacial score (nSPS) is 16.4. The third kappa shape index (κ3) is 3.60. The molecule has 0 aliphatic carbocycles. The van der Waals surface area contributed by atoms with Gasteiger partial charge in [-0.05, 0) is 13.1 Å². The second kappa shape index (κ2) is 6.40. The number of hydrogen-bond acceptors (Lipinski definition) is 7. The number of ether oxygens (including phenoxy) is 1. The first-order chi connectivity index (χ1) is 10.0. The molecule has 8 nitrogen and oxygen atoms in total. The molecule has 1 aliphatic heterocycles. The van der Waals surface area contributed by atoms with E-state index in [-0.39, 0.29) is 5.75 Å². The molecule has 8 heteroatoms. The van der Waals surface area contributed by atoms with Crippen molar-refractivity contribution in [3.63, 3.8) is 0 Å². The lowest BCUT2D eigenvalue weighted by Gasteiger charge is -2.30. The number of nitro groups is 1. The molecule has 0 unspecified atom stereocenters. The van der Waals surface area contributed by atoms with Crippen LogP contribution in [0.5, 0.6) is 11.5 Å². The van der Waals surface area contributed by atoms with Gasteiger partial charge in [0.25, 0.3) is 0 Å². The molecule has 114 valence electrons. The zero-order chi connectivity index (χ0) is 15.4. The summed E-state index contributed by atoms with van der Waals surface area (Å²) in [7, 11) is 3.40. The summed E-state index contributed by atoms with van der Waals surface area (Å²) in [5.41, 5.74) is 0.115. The van der Waals surface area contributed by atoms with Gasteiger partial charge in [-0.15, -0.1) is 0 Å². The predicted octanol–water partition coefficient (Wildman–Crippen LogP) is 0.890. The molecular weight excluding hydrogens is 276 g/mol. The molecule has 2 rings (SSSR count). The molecule has 1 aliphatic rings. The molecule has 1 saturated heterocycles. The molecule has 0 saturated carbocycles. The van der Waals surface area contributed by atoms with E-state index < -0.39 is 16.4 Å². The molecule has 0 amide bonds. The van der Waals surface area contributed by atoms with Crippen molar-refractivity contribution in [2.45, 2.75) is 0 Å². The average Bonchev–Trinajstić information content (AvgIpc) is 2.47. The van der Waals surface area contributed by atoms with Crippen LogP contribution in [0.25, 0.3) is 0 Å². The minimum Gasteiger partial charge on any atom is -0.500 e. The van der Waals surface area contributed by atoms with Crippen LogP contribution in [0.15, 0.2) is 17.2 Å². The molecule has 1 N–H and O–H groups in total. The Kier molecular flexibility index (Phi) is 4.59. The fraction of sp³-hybridized carbons (Fsp3) is 0.462. The summed E-state index contributed by atoms with van der Waals surface area (Å²) in [6.07, 6.45) is 1.54. The SMILES string of the molecule is COc1cc(/C=N\N2CCN(C)CC2)cc([N+](=O)[O-])c1O. The van der Waals surface area contributed by atoms with Crippen LogP contribution < -0.4 is 4.74 Å². The third-order valence-electron chi connectivity index (χ3n) is 3.34. The van der Waals surface area contributed by atoms with E-state index in [0.717, 1.165) is 26.2 Å². The highest BCUT2D eigenvalue weighted by Gasteiger charge is 2.19. The van der Waals surface area contributed by atoms with Gasteiger partial charge in [0, 0.05) is 37.8 Å². The maximum Gasteiger partial charge on any atom is 0.315 e. The lowest BCUT2D eigenvalue weighted by Crippen LogP contribution is -2.41. The molecule has 0 radical (unpaired) electrons. The first-order valence-electron chi connectivity index (χ1n) is 6.54. The Bertz CT molecular complexity index is 553. The lowest BCUT2D eigenvalue weighted by atomic mass is 10.2. The van der Waals surface area contributed by atoms with Crippen LogP contribution in [0, 0.1) is 10.1 Å². The Hall–Kier alpha value is -2.35. The minimum atomic E-state index is -0.648. The second-order valence-corrected chi connectivity index (χ2v) is 4.85. The van der Waals surface area contributed by atoms with Crippen LogP contribution in [0.3, 0.4) is 0 Å². The van der Waals surface area contributed by atoms with Gasteiger partial charge in [-0.1, -0.05) is 0 Å². The maximum absolute atomic E-state index is 10.9. The molecule has 1 aromatic rings. The van der Waals surface area contributed by atoms with Crippen molar-refractivity contribution >= 4 is 11.9 Å². The third-order valence-corrected chi connectivity index (χ3v) is 3.34. The summed E-state index contributed by atoms with van der Waals surface area (Å²) in [6, 6.07) is 2.79. The van der Waals surface area contributed by atoms with Gasteiger partial charge in [-0.25, -0.2) is 0 Å². The largest absolute Gasteiger partial charge is 0.500 e. The van der Waals surface area contributed by atoms with E-state index in [9.17, 15) is 15.2 Å². The zero-order valence-corrected chi connectivity index (χ0v) is 12.0. The van der Waals surface area contributed by atoms with Crippen molar-refractivity contribution in [1.29, 1.82) is 0 Å². The molecule has 0 bridgehead atoms. The van der Waals surface area contributed by atoms with Crippen LogP contribution in [0.4, 0.5) is 5.69 Å². The van der Waals surface area contributed by atoms with Gasteiger partial charge in [0.2, 0.25) is 5.75 Å². The van der Waals surface area contributed by atoms with Gasteiger partial charge < -0.3 is 14.7 Å². The predicted molar refractivity (Wildman–Crippen MR) is 78.0 cm³/mol. The summed E-state index contributed by atoms with van der Waals surface area (Å²) in [6.45, 7) is 3.47. The number of hydrogen-bond donors (Lipinski definition) is 1. The number of nitro benzene ring substituents is 1. The smallest absolute Gasteiger partial charge is 0.315 e. The number of rotatable bonds is 4. The average molecular weight is 294 g/mol. The Morgan fingerprint density at radius 1 is 1.38 bits per heavy atom. The molecule has 1 fully saturated rings. The highest BCUT2D eigenvalue weighted by molar-refractivity contribution is 5.83. The van der Waals surface area contributed by atoms with Gasteiger partial charge in [-0.3, -0.25) is 15.1 Å². The Morgan fingerprint density at radius 3 is 2.62 bits per heavy atom. The molecule has 1 heterocycles. The van der Waals surface area contributed by atoms with Gasteiger partial charge in [0.15, 0.2) is 5.75 Å². The number of nitrogens with zero attached hydrogens (tertiary/aromatic N) is 4. The van der Waals surface area contributed by atoms with E-state index in [1.807, 2.05) is 5.01 Å². The number of piperazine rings is 1. The first kappa shape index (κ1) is 15.0. The van der Waals surface area contributed by atoms with Crippen LogP contribution >= 0.6 is 0 Å². The molecule has 0 atom stereocenters. The fourth-order valence-electron chi connectivity index (χ4n) is 2.04. The zero-order valence-electron chi connectivity index (χ0n) is 12.0. The number of phenols is 1. The quantitative estimate of drug-likeness (QED) is 0.504. The highest BCUT2D eigenvalue weighted by Crippen LogP contribution is 2.36. The Labute approximate surface area is 122 Å². The number of phenolic OH excluding ortho intramolecular Hbond substituents is 1. The monoisotopic (exact) mass is 294 g/mol. The summed E-state index contributed by atoms with van der Waals surface area (Å²) >= 11 is 0. The highest BCUT2D eigenvalue weighted by atomic mass is 16.6.